The number of carbonyl (C=O) groups excluding carboxylic acids is 1. The minimum Gasteiger partial charge on any atom is -0.292 e. The van der Waals surface area contributed by atoms with E-state index < -0.39 is 0 Å². The Hall–Kier alpha value is -1.18. The maximum Gasteiger partial charge on any atom is 0.181 e. The number of fused-ring (bicyclic) bond motifs is 1. The van der Waals surface area contributed by atoms with Crippen molar-refractivity contribution in [3.05, 3.63) is 29.1 Å². The van der Waals surface area contributed by atoms with E-state index in [4.69, 9.17) is 0 Å². The topological polar surface area (TPSA) is 30.0 Å². The largest absolute Gasteiger partial charge is 0.292 e. The lowest BCUT2D eigenvalue weighted by molar-refractivity contribution is 0.0967. The van der Waals surface area contributed by atoms with Crippen molar-refractivity contribution >= 4 is 5.78 Å². The second-order valence-electron chi connectivity index (χ2n) is 3.24. The summed E-state index contributed by atoms with van der Waals surface area (Å²) >= 11 is 0. The number of nitrogens with zero attached hydrogens (tertiary/aromatic N) is 1. The molecule has 0 aliphatic heterocycles. The molecule has 0 amide bonds. The van der Waals surface area contributed by atoms with Gasteiger partial charge in [0.05, 0.1) is 0 Å². The lowest BCUT2D eigenvalue weighted by atomic mass is 9.95. The first-order valence-corrected chi connectivity index (χ1v) is 5.27. The summed E-state index contributed by atoms with van der Waals surface area (Å²) in [6, 6.07) is 3.99. The molecule has 0 saturated carbocycles. The summed E-state index contributed by atoms with van der Waals surface area (Å²) in [6.45, 7) is 5.92. The smallest absolute Gasteiger partial charge is 0.181 e. The lowest BCUT2D eigenvalue weighted by Crippen LogP contribution is -2.13. The van der Waals surface area contributed by atoms with Crippen molar-refractivity contribution in [2.45, 2.75) is 40.0 Å². The number of carbonyl (C=O) groups is 1. The molecule has 0 saturated heterocycles. The summed E-state index contributed by atoms with van der Waals surface area (Å²) in [7, 11) is 0. The van der Waals surface area contributed by atoms with Gasteiger partial charge >= 0.3 is 0 Å². The molecule has 0 unspecified atom stereocenters. The zero-order chi connectivity index (χ0) is 10.6. The monoisotopic (exact) mass is 191 g/mol. The molecule has 0 bridgehead atoms. The zero-order valence-corrected chi connectivity index (χ0v) is 9.13. The Balaban J connectivity index is 0.000000461. The van der Waals surface area contributed by atoms with Gasteiger partial charge in [0.25, 0.3) is 0 Å². The number of aromatic nitrogens is 1. The summed E-state index contributed by atoms with van der Waals surface area (Å²) < 4.78 is 0. The molecule has 76 valence electrons. The number of rotatable bonds is 0. The first-order valence-electron chi connectivity index (χ1n) is 5.27. The minimum absolute atomic E-state index is 0.208. The highest BCUT2D eigenvalue weighted by Crippen LogP contribution is 2.19. The fourth-order valence-electron chi connectivity index (χ4n) is 1.59. The quantitative estimate of drug-likeness (QED) is 0.631. The van der Waals surface area contributed by atoms with Crippen molar-refractivity contribution in [3.8, 4) is 0 Å². The van der Waals surface area contributed by atoms with Crippen LogP contribution in [0.3, 0.4) is 0 Å². The van der Waals surface area contributed by atoms with Gasteiger partial charge < -0.3 is 0 Å². The summed E-state index contributed by atoms with van der Waals surface area (Å²) in [6.07, 6.45) is 2.66. The van der Waals surface area contributed by atoms with Gasteiger partial charge in [0.1, 0.15) is 5.69 Å². The van der Waals surface area contributed by atoms with Crippen LogP contribution in [0.25, 0.3) is 0 Å². The van der Waals surface area contributed by atoms with Crippen LogP contribution in [-0.4, -0.2) is 10.8 Å². The Bertz CT molecular complexity index is 331. The van der Waals surface area contributed by atoms with E-state index in [0.29, 0.717) is 12.1 Å². The van der Waals surface area contributed by atoms with Crippen molar-refractivity contribution in [2.75, 3.05) is 0 Å². The van der Waals surface area contributed by atoms with Crippen LogP contribution in [0.4, 0.5) is 0 Å². The first kappa shape index (κ1) is 10.9. The van der Waals surface area contributed by atoms with Crippen molar-refractivity contribution in [2.24, 2.45) is 0 Å². The van der Waals surface area contributed by atoms with Crippen LogP contribution in [-0.2, 0) is 6.42 Å². The summed E-state index contributed by atoms with van der Waals surface area (Å²) in [5.41, 5.74) is 2.77. The van der Waals surface area contributed by atoms with Gasteiger partial charge in [-0.05, 0) is 31.4 Å². The van der Waals surface area contributed by atoms with E-state index in [0.717, 1.165) is 24.1 Å². The third-order valence-corrected chi connectivity index (χ3v) is 2.23. The van der Waals surface area contributed by atoms with Gasteiger partial charge in [-0.3, -0.25) is 4.79 Å². The average Bonchev–Trinajstić information content (AvgIpc) is 2.22. The van der Waals surface area contributed by atoms with Crippen LogP contribution in [0.2, 0.25) is 0 Å². The van der Waals surface area contributed by atoms with Crippen LogP contribution in [0.15, 0.2) is 12.1 Å². The number of pyridine rings is 1. The van der Waals surface area contributed by atoms with E-state index in [-0.39, 0.29) is 5.78 Å². The highest BCUT2D eigenvalue weighted by atomic mass is 16.1. The van der Waals surface area contributed by atoms with Crippen LogP contribution in [0, 0.1) is 6.92 Å². The first-order chi connectivity index (χ1) is 6.77. The Morgan fingerprint density at radius 1 is 1.21 bits per heavy atom. The van der Waals surface area contributed by atoms with E-state index in [1.165, 1.54) is 0 Å². The van der Waals surface area contributed by atoms with Crippen molar-refractivity contribution in [3.63, 3.8) is 0 Å². The third kappa shape index (κ3) is 2.19. The maximum absolute atomic E-state index is 11.4. The molecule has 0 spiro atoms. The number of hydrogen-bond acceptors (Lipinski definition) is 2. The molecule has 2 nitrogen and oxygen atoms in total. The van der Waals surface area contributed by atoms with Crippen LogP contribution >= 0.6 is 0 Å². The van der Waals surface area contributed by atoms with Crippen molar-refractivity contribution in [1.29, 1.82) is 0 Å². The molecular weight excluding hydrogens is 174 g/mol. The second-order valence-corrected chi connectivity index (χ2v) is 3.24. The molecule has 0 radical (unpaired) electrons. The fraction of sp³-hybridized carbons (Fsp3) is 0.500. The van der Waals surface area contributed by atoms with Crippen LogP contribution < -0.4 is 0 Å². The maximum atomic E-state index is 11.4. The van der Waals surface area contributed by atoms with Gasteiger partial charge in [-0.25, -0.2) is 4.98 Å². The molecule has 2 heteroatoms. The number of Topliss-reactive ketones (excluding diaryl/α,β-unsaturated/α-hetero) is 1. The Labute approximate surface area is 85.4 Å². The SMILES string of the molecule is CC.Cc1ccc2c(n1)C(=O)CCC2. The summed E-state index contributed by atoms with van der Waals surface area (Å²) in [5, 5.41) is 0. The minimum atomic E-state index is 0.208. The summed E-state index contributed by atoms with van der Waals surface area (Å²) in [4.78, 5) is 15.6. The molecule has 14 heavy (non-hydrogen) atoms. The molecule has 0 fully saturated rings. The molecule has 1 aliphatic carbocycles. The number of hydrogen-bond donors (Lipinski definition) is 0. The Morgan fingerprint density at radius 2 is 1.93 bits per heavy atom. The van der Waals surface area contributed by atoms with E-state index in [9.17, 15) is 4.79 Å². The van der Waals surface area contributed by atoms with E-state index in [1.54, 1.807) is 0 Å². The lowest BCUT2D eigenvalue weighted by Gasteiger charge is -2.13. The van der Waals surface area contributed by atoms with E-state index >= 15 is 0 Å². The fourth-order valence-corrected chi connectivity index (χ4v) is 1.59. The number of aryl methyl sites for hydroxylation is 2. The van der Waals surface area contributed by atoms with Gasteiger partial charge in [0, 0.05) is 12.1 Å². The molecule has 1 aromatic rings. The average molecular weight is 191 g/mol. The van der Waals surface area contributed by atoms with Crippen molar-refractivity contribution < 1.29 is 4.79 Å². The van der Waals surface area contributed by atoms with Gasteiger partial charge in [-0.2, -0.15) is 0 Å². The molecule has 0 atom stereocenters. The highest BCUT2D eigenvalue weighted by Gasteiger charge is 2.17. The van der Waals surface area contributed by atoms with Crippen LogP contribution in [0.5, 0.6) is 0 Å². The van der Waals surface area contributed by atoms with E-state index in [2.05, 4.69) is 4.98 Å². The molecule has 1 aromatic heterocycles. The predicted octanol–water partition coefficient (Wildman–Crippen LogP) is 2.94. The number of ketones is 1. The predicted molar refractivity (Wildman–Crippen MR) is 57.6 cm³/mol. The molecule has 0 aromatic carbocycles. The molecule has 2 rings (SSSR count). The summed E-state index contributed by atoms with van der Waals surface area (Å²) in [5.74, 6) is 0.208. The van der Waals surface area contributed by atoms with Gasteiger partial charge in [0.2, 0.25) is 0 Å². The van der Waals surface area contributed by atoms with Gasteiger partial charge in [-0.1, -0.05) is 19.9 Å². The van der Waals surface area contributed by atoms with Crippen molar-refractivity contribution in [1.82, 2.24) is 4.98 Å². The Kier molecular flexibility index (Phi) is 3.81. The van der Waals surface area contributed by atoms with Crippen LogP contribution in [0.1, 0.15) is 48.4 Å². The third-order valence-electron chi connectivity index (χ3n) is 2.23. The Morgan fingerprint density at radius 3 is 2.64 bits per heavy atom. The van der Waals surface area contributed by atoms with Gasteiger partial charge in [0.15, 0.2) is 5.78 Å². The molecule has 1 aliphatic rings. The normalized spacial score (nSPS) is 14.1. The highest BCUT2D eigenvalue weighted by molar-refractivity contribution is 5.96. The standard InChI is InChI=1S/C10H11NO.C2H6/c1-7-5-6-8-3-2-4-9(12)10(8)11-7;1-2/h5-6H,2-4H2,1H3;1-2H3. The molecular formula is C12H17NO. The molecule has 0 N–H and O–H groups in total. The second kappa shape index (κ2) is 4.89. The van der Waals surface area contributed by atoms with Gasteiger partial charge in [-0.15, -0.1) is 0 Å². The molecule has 1 heterocycles. The zero-order valence-electron chi connectivity index (χ0n) is 9.13. The van der Waals surface area contributed by atoms with E-state index in [1.807, 2.05) is 32.9 Å².